The van der Waals surface area contributed by atoms with Crippen LogP contribution in [0.25, 0.3) is 0 Å². The molecule has 1 fully saturated rings. The van der Waals surface area contributed by atoms with E-state index in [1.54, 1.807) is 6.20 Å². The molecule has 0 spiro atoms. The van der Waals surface area contributed by atoms with Crippen LogP contribution in [0.5, 0.6) is 0 Å². The maximum atomic E-state index is 11.9. The molecule has 0 aromatic carbocycles. The summed E-state index contributed by atoms with van der Waals surface area (Å²) in [7, 11) is 0. The number of cyclic esters (lactones) is 1. The van der Waals surface area contributed by atoms with Crippen molar-refractivity contribution in [1.29, 1.82) is 0 Å². The number of hydrogen-bond donors (Lipinski definition) is 2. The number of hydrogen-bond acceptors (Lipinski definition) is 4. The zero-order chi connectivity index (χ0) is 15.0. The number of esters is 1. The molecule has 2 aliphatic rings. The number of ether oxygens (including phenoxy) is 1. The van der Waals surface area contributed by atoms with Crippen LogP contribution in [0.1, 0.15) is 26.1 Å². The van der Waals surface area contributed by atoms with Gasteiger partial charge in [0.2, 0.25) is 0 Å². The molecule has 1 saturated heterocycles. The number of carbonyl (C=O) groups is 2. The van der Waals surface area contributed by atoms with Gasteiger partial charge in [-0.2, -0.15) is 0 Å². The Balaban J connectivity index is 1.45. The molecule has 7 nitrogen and oxygen atoms in total. The Morgan fingerprint density at radius 1 is 1.57 bits per heavy atom. The van der Waals surface area contributed by atoms with E-state index in [1.165, 1.54) is 0 Å². The highest BCUT2D eigenvalue weighted by atomic mass is 16.6. The smallest absolute Gasteiger partial charge is 0.315 e. The lowest BCUT2D eigenvalue weighted by molar-refractivity contribution is -0.141. The Bertz CT molecular complexity index is 546. The fraction of sp³-hybridized carbons (Fsp3) is 0.643. The molecule has 3 rings (SSSR count). The van der Waals surface area contributed by atoms with Crippen LogP contribution in [0, 0.1) is 5.41 Å². The van der Waals surface area contributed by atoms with Crippen LogP contribution >= 0.6 is 0 Å². The zero-order valence-electron chi connectivity index (χ0n) is 12.3. The molecular formula is C14H20N4O3. The van der Waals surface area contributed by atoms with Crippen molar-refractivity contribution in [2.45, 2.75) is 45.4 Å². The second-order valence-corrected chi connectivity index (χ2v) is 6.40. The molecular weight excluding hydrogens is 272 g/mol. The average molecular weight is 292 g/mol. The van der Waals surface area contributed by atoms with Crippen LogP contribution in [-0.2, 0) is 22.5 Å². The predicted molar refractivity (Wildman–Crippen MR) is 74.5 cm³/mol. The summed E-state index contributed by atoms with van der Waals surface area (Å²) in [5, 5.41) is 5.71. The molecule has 3 heterocycles. The SMILES string of the molecule is CC1(C)CC(=O)OC1CNC(=O)NC1Cc2nccn2C1. The Hall–Kier alpha value is -2.05. The number of fused-ring (bicyclic) bond motifs is 1. The van der Waals surface area contributed by atoms with E-state index in [0.717, 1.165) is 18.8 Å². The number of nitrogens with zero attached hydrogens (tertiary/aromatic N) is 2. The van der Waals surface area contributed by atoms with Crippen LogP contribution in [0.4, 0.5) is 4.79 Å². The average Bonchev–Trinajstić information content (AvgIpc) is 2.99. The minimum atomic E-state index is -0.269. The Kier molecular flexibility index (Phi) is 3.35. The molecule has 2 unspecified atom stereocenters. The van der Waals surface area contributed by atoms with Gasteiger partial charge < -0.3 is 19.9 Å². The molecule has 114 valence electrons. The molecule has 21 heavy (non-hydrogen) atoms. The van der Waals surface area contributed by atoms with Crippen LogP contribution in [0.2, 0.25) is 0 Å². The van der Waals surface area contributed by atoms with Crippen molar-refractivity contribution in [2.75, 3.05) is 6.54 Å². The third-order valence-corrected chi connectivity index (χ3v) is 4.18. The van der Waals surface area contributed by atoms with Gasteiger partial charge in [-0.25, -0.2) is 9.78 Å². The highest BCUT2D eigenvalue weighted by molar-refractivity contribution is 5.75. The van der Waals surface area contributed by atoms with E-state index < -0.39 is 0 Å². The number of aromatic nitrogens is 2. The molecule has 0 bridgehead atoms. The van der Waals surface area contributed by atoms with Crippen molar-refractivity contribution in [1.82, 2.24) is 20.2 Å². The topological polar surface area (TPSA) is 85.2 Å². The lowest BCUT2D eigenvalue weighted by atomic mass is 9.85. The van der Waals surface area contributed by atoms with Gasteiger partial charge >= 0.3 is 12.0 Å². The van der Waals surface area contributed by atoms with Gasteiger partial charge in [-0.05, 0) is 0 Å². The van der Waals surface area contributed by atoms with Gasteiger partial charge in [0.15, 0.2) is 0 Å². The van der Waals surface area contributed by atoms with Gasteiger partial charge in [0.25, 0.3) is 0 Å². The minimum Gasteiger partial charge on any atom is -0.460 e. The molecule has 2 amide bonds. The van der Waals surface area contributed by atoms with E-state index in [0.29, 0.717) is 13.0 Å². The maximum absolute atomic E-state index is 11.9. The standard InChI is InChI=1S/C14H20N4O3/c1-14(2)6-12(19)21-10(14)7-16-13(20)17-9-5-11-15-3-4-18(11)8-9/h3-4,9-10H,5-8H2,1-2H3,(H2,16,17,20). The van der Waals surface area contributed by atoms with E-state index in [9.17, 15) is 9.59 Å². The van der Waals surface area contributed by atoms with Crippen molar-refractivity contribution in [3.63, 3.8) is 0 Å². The molecule has 0 aliphatic carbocycles. The largest absolute Gasteiger partial charge is 0.460 e. The van der Waals surface area contributed by atoms with Crippen molar-refractivity contribution < 1.29 is 14.3 Å². The van der Waals surface area contributed by atoms with E-state index in [2.05, 4.69) is 15.6 Å². The maximum Gasteiger partial charge on any atom is 0.315 e. The minimum absolute atomic E-state index is 0.0628. The molecule has 0 saturated carbocycles. The summed E-state index contributed by atoms with van der Waals surface area (Å²) in [6, 6.07) is -0.169. The molecule has 2 N–H and O–H groups in total. The first-order chi connectivity index (χ1) is 9.94. The molecule has 0 radical (unpaired) electrons. The quantitative estimate of drug-likeness (QED) is 0.792. The van der Waals surface area contributed by atoms with Crippen LogP contribution in [0.3, 0.4) is 0 Å². The van der Waals surface area contributed by atoms with Gasteiger partial charge in [0, 0.05) is 30.8 Å². The van der Waals surface area contributed by atoms with Crippen molar-refractivity contribution in [2.24, 2.45) is 5.41 Å². The molecule has 7 heteroatoms. The molecule has 2 aliphatic heterocycles. The lowest BCUT2D eigenvalue weighted by Gasteiger charge is -2.24. The monoisotopic (exact) mass is 292 g/mol. The van der Waals surface area contributed by atoms with Crippen LogP contribution in [-0.4, -0.2) is 40.2 Å². The van der Waals surface area contributed by atoms with Crippen molar-refractivity contribution in [3.8, 4) is 0 Å². The van der Waals surface area contributed by atoms with Gasteiger partial charge in [-0.3, -0.25) is 4.79 Å². The second kappa shape index (κ2) is 5.05. The highest BCUT2D eigenvalue weighted by Crippen LogP contribution is 2.34. The summed E-state index contributed by atoms with van der Waals surface area (Å²) in [5.74, 6) is 0.791. The van der Waals surface area contributed by atoms with E-state index in [4.69, 9.17) is 4.74 Å². The summed E-state index contributed by atoms with van der Waals surface area (Å²) < 4.78 is 7.27. The zero-order valence-corrected chi connectivity index (χ0v) is 12.3. The number of urea groups is 1. The Morgan fingerprint density at radius 2 is 2.38 bits per heavy atom. The summed E-state index contributed by atoms with van der Waals surface area (Å²) in [4.78, 5) is 27.5. The van der Waals surface area contributed by atoms with Crippen LogP contribution < -0.4 is 10.6 Å². The van der Waals surface area contributed by atoms with E-state index in [1.807, 2.05) is 24.6 Å². The molecule has 1 aromatic rings. The summed E-state index contributed by atoms with van der Waals surface area (Å²) >= 11 is 0. The van der Waals surface area contributed by atoms with Gasteiger partial charge in [-0.15, -0.1) is 0 Å². The summed E-state index contributed by atoms with van der Waals surface area (Å²) in [6.45, 7) is 5.02. The van der Waals surface area contributed by atoms with Gasteiger partial charge in [0.1, 0.15) is 11.9 Å². The van der Waals surface area contributed by atoms with Crippen molar-refractivity contribution in [3.05, 3.63) is 18.2 Å². The normalized spacial score (nSPS) is 26.3. The fourth-order valence-corrected chi connectivity index (χ4v) is 2.90. The number of rotatable bonds is 3. The Labute approximate surface area is 123 Å². The third kappa shape index (κ3) is 2.86. The van der Waals surface area contributed by atoms with E-state index in [-0.39, 0.29) is 29.6 Å². The second-order valence-electron chi connectivity index (χ2n) is 6.40. The first-order valence-corrected chi connectivity index (χ1v) is 7.18. The number of nitrogens with one attached hydrogen (secondary N) is 2. The first-order valence-electron chi connectivity index (χ1n) is 7.18. The molecule has 1 aromatic heterocycles. The van der Waals surface area contributed by atoms with E-state index >= 15 is 0 Å². The van der Waals surface area contributed by atoms with Gasteiger partial charge in [0.05, 0.1) is 19.0 Å². The third-order valence-electron chi connectivity index (χ3n) is 4.18. The number of amides is 2. The first kappa shape index (κ1) is 13.9. The summed E-state index contributed by atoms with van der Waals surface area (Å²) in [6.07, 6.45) is 4.54. The Morgan fingerprint density at radius 3 is 3.05 bits per heavy atom. The number of imidazole rings is 1. The van der Waals surface area contributed by atoms with Gasteiger partial charge in [-0.1, -0.05) is 13.8 Å². The highest BCUT2D eigenvalue weighted by Gasteiger charge is 2.41. The lowest BCUT2D eigenvalue weighted by Crippen LogP contribution is -2.46. The van der Waals surface area contributed by atoms with Crippen molar-refractivity contribution >= 4 is 12.0 Å². The predicted octanol–water partition coefficient (Wildman–Crippen LogP) is 0.449. The number of carbonyl (C=O) groups excluding carboxylic acids is 2. The molecule has 2 atom stereocenters. The fourth-order valence-electron chi connectivity index (χ4n) is 2.90. The summed E-state index contributed by atoms with van der Waals surface area (Å²) in [5.41, 5.74) is -0.236. The van der Waals surface area contributed by atoms with Crippen LogP contribution in [0.15, 0.2) is 12.4 Å².